The number of hydrogen-bond donors (Lipinski definition) is 2. The van der Waals surface area contributed by atoms with Crippen LogP contribution in [0.25, 0.3) is 0 Å². The maximum absolute atomic E-state index is 10.4. The molecule has 1 rings (SSSR count). The molecule has 0 aromatic heterocycles. The molecule has 1 aromatic carbocycles. The fourth-order valence-electron chi connectivity index (χ4n) is 0.654. The summed E-state index contributed by atoms with van der Waals surface area (Å²) in [6.07, 6.45) is 0. The summed E-state index contributed by atoms with van der Waals surface area (Å²) in [5.74, 6) is -0.939. The van der Waals surface area contributed by atoms with E-state index < -0.39 is 5.97 Å². The maximum atomic E-state index is 10.4. The molecule has 0 bridgehead atoms. The van der Waals surface area contributed by atoms with E-state index in [-0.39, 0.29) is 5.56 Å². The Kier molecular flexibility index (Phi) is 5.85. The number of aromatic carboxylic acids is 1. The summed E-state index contributed by atoms with van der Waals surface area (Å²) in [7, 11) is 0. The van der Waals surface area contributed by atoms with Crippen LogP contribution in [0.5, 0.6) is 0 Å². The first-order chi connectivity index (χ1) is 5.72. The van der Waals surface area contributed by atoms with Crippen molar-refractivity contribution >= 4 is 18.6 Å². The van der Waals surface area contributed by atoms with Crippen molar-refractivity contribution in [3.8, 4) is 0 Å². The summed E-state index contributed by atoms with van der Waals surface area (Å²) in [5.41, 5.74) is 0.242. The molecule has 0 atom stereocenters. The van der Waals surface area contributed by atoms with Gasteiger partial charge in [0.15, 0.2) is 0 Å². The third-order valence-electron chi connectivity index (χ3n) is 1.13. The van der Waals surface area contributed by atoms with E-state index in [2.05, 4.69) is 12.6 Å². The van der Waals surface area contributed by atoms with Gasteiger partial charge >= 0.3 is 29.1 Å². The molecule has 0 radical (unpaired) electrons. The normalized spacial score (nSPS) is 8.08. The predicted molar refractivity (Wildman–Crippen MR) is 41.3 cm³/mol. The van der Waals surface area contributed by atoms with Gasteiger partial charge in [0.25, 0.3) is 0 Å². The van der Waals surface area contributed by atoms with E-state index in [1.165, 1.54) is 6.07 Å². The Balaban J connectivity index is 0.000000561. The van der Waals surface area contributed by atoms with Crippen LogP contribution in [0.2, 0.25) is 0 Å². The van der Waals surface area contributed by atoms with Gasteiger partial charge in [0.2, 0.25) is 0 Å². The number of hydrogen-bond acceptors (Lipinski definition) is 3. The Hall–Kier alpha value is -0.472. The Bertz CT molecular complexity index is 277. The standard InChI is InChI=1S/C7H6O2S.O.W/c8-7(9)5-3-1-2-4-6(5)10;;/h1-4,10H,(H,8,9);;. The zero-order chi connectivity index (χ0) is 9.56. The van der Waals surface area contributed by atoms with E-state index in [0.29, 0.717) is 24.7 Å². The van der Waals surface area contributed by atoms with E-state index in [4.69, 9.17) is 8.50 Å². The summed E-state index contributed by atoms with van der Waals surface area (Å²) < 4.78 is 8.33. The fraction of sp³-hybridized carbons (Fsp3) is 0. The average molecular weight is 354 g/mol. The van der Waals surface area contributed by atoms with Crippen LogP contribution in [0.15, 0.2) is 29.2 Å². The minimum absolute atomic E-state index is 0.242. The Morgan fingerprint density at radius 2 is 1.83 bits per heavy atom. The van der Waals surface area contributed by atoms with Crippen molar-refractivity contribution in [2.45, 2.75) is 4.90 Å². The molecule has 0 aliphatic rings. The molecule has 0 unspecified atom stereocenters. The van der Waals surface area contributed by atoms with E-state index in [1.807, 2.05) is 0 Å². The number of carboxylic acids is 1. The minimum atomic E-state index is -0.939. The predicted octanol–water partition coefficient (Wildman–Crippen LogP) is 1.55. The molecule has 12 heavy (non-hydrogen) atoms. The van der Waals surface area contributed by atoms with Gasteiger partial charge in [-0.2, -0.15) is 0 Å². The first-order valence-electron chi connectivity index (χ1n) is 2.90. The van der Waals surface area contributed by atoms with E-state index >= 15 is 0 Å². The summed E-state index contributed by atoms with van der Waals surface area (Å²) in [6, 6.07) is 6.58. The van der Waals surface area contributed by atoms with Gasteiger partial charge in [0, 0.05) is 4.90 Å². The molecule has 1 N–H and O–H groups in total. The molecular weight excluding hydrogens is 348 g/mol. The number of benzene rings is 1. The van der Waals surface area contributed by atoms with Crippen molar-refractivity contribution in [1.82, 2.24) is 0 Å². The fourth-order valence-corrected chi connectivity index (χ4v) is 0.911. The van der Waals surface area contributed by atoms with E-state index in [0.717, 1.165) is 0 Å². The second kappa shape index (κ2) is 6.09. The van der Waals surface area contributed by atoms with Gasteiger partial charge < -0.3 is 5.11 Å². The zero-order valence-electron chi connectivity index (χ0n) is 5.93. The van der Waals surface area contributed by atoms with Crippen molar-refractivity contribution in [2.24, 2.45) is 0 Å². The summed E-state index contributed by atoms with van der Waals surface area (Å²) >= 11 is 4.29. The van der Waals surface area contributed by atoms with Gasteiger partial charge in [-0.3, -0.25) is 0 Å². The van der Waals surface area contributed by atoms with Crippen LogP contribution in [0.3, 0.4) is 0 Å². The van der Waals surface area contributed by atoms with Crippen LogP contribution in [0.4, 0.5) is 0 Å². The molecule has 3 nitrogen and oxygen atoms in total. The van der Waals surface area contributed by atoms with Crippen molar-refractivity contribution in [3.05, 3.63) is 29.8 Å². The third kappa shape index (κ3) is 3.28. The van der Waals surface area contributed by atoms with Crippen LogP contribution >= 0.6 is 12.6 Å². The van der Waals surface area contributed by atoms with Gasteiger partial charge in [-0.05, 0) is 12.1 Å². The first-order valence-corrected chi connectivity index (χ1v) is 4.54. The number of rotatable bonds is 1. The molecule has 64 valence electrons. The van der Waals surface area contributed by atoms with Gasteiger partial charge in [0.05, 0.1) is 5.56 Å². The number of carboxylic acid groups (broad SMARTS) is 1. The van der Waals surface area contributed by atoms with Crippen molar-refractivity contribution in [3.63, 3.8) is 0 Å². The molecule has 5 heteroatoms. The monoisotopic (exact) mass is 354 g/mol. The SMILES string of the molecule is O=C(O)c1ccccc1S.[O]=[W]. The van der Waals surface area contributed by atoms with Crippen LogP contribution in [-0.4, -0.2) is 11.1 Å². The molecule has 1 aromatic rings. The zero-order valence-corrected chi connectivity index (χ0v) is 9.76. The van der Waals surface area contributed by atoms with Gasteiger partial charge in [-0.15, -0.1) is 12.6 Å². The van der Waals surface area contributed by atoms with Gasteiger partial charge in [-0.25, -0.2) is 4.79 Å². The van der Waals surface area contributed by atoms with Crippen LogP contribution in [0.1, 0.15) is 10.4 Å². The van der Waals surface area contributed by atoms with Gasteiger partial charge in [0.1, 0.15) is 0 Å². The molecular formula is C7H6O3SW. The van der Waals surface area contributed by atoms with Crippen LogP contribution < -0.4 is 0 Å². The molecule has 0 amide bonds. The van der Waals surface area contributed by atoms with E-state index in [9.17, 15) is 4.79 Å². The molecule has 0 heterocycles. The topological polar surface area (TPSA) is 54.4 Å². The second-order valence-corrected chi connectivity index (χ2v) is 2.30. The van der Waals surface area contributed by atoms with Crippen molar-refractivity contribution in [1.29, 1.82) is 0 Å². The quantitative estimate of drug-likeness (QED) is 0.753. The Labute approximate surface area is 86.4 Å². The first kappa shape index (κ1) is 11.5. The molecule has 0 saturated heterocycles. The van der Waals surface area contributed by atoms with Gasteiger partial charge in [-0.1, -0.05) is 12.1 Å². The molecule has 0 aliphatic carbocycles. The van der Waals surface area contributed by atoms with E-state index in [1.54, 1.807) is 18.2 Å². The average Bonchev–Trinajstić information content (AvgIpc) is 2.08. The molecule has 0 aliphatic heterocycles. The molecule has 0 spiro atoms. The molecule has 0 fully saturated rings. The second-order valence-electron chi connectivity index (χ2n) is 1.82. The summed E-state index contributed by atoms with van der Waals surface area (Å²) in [4.78, 5) is 10.9. The van der Waals surface area contributed by atoms with Crippen molar-refractivity contribution < 1.29 is 33.1 Å². The number of thiol groups is 1. The number of carbonyl (C=O) groups is 1. The summed E-state index contributed by atoms with van der Waals surface area (Å²) in [6.45, 7) is 0. The molecule has 0 saturated carbocycles. The van der Waals surface area contributed by atoms with Crippen molar-refractivity contribution in [2.75, 3.05) is 0 Å². The Morgan fingerprint density at radius 1 is 1.33 bits per heavy atom. The third-order valence-corrected chi connectivity index (χ3v) is 1.52. The van der Waals surface area contributed by atoms with Crippen LogP contribution in [-0.2, 0) is 23.2 Å². The summed E-state index contributed by atoms with van der Waals surface area (Å²) in [5, 5.41) is 8.52. The van der Waals surface area contributed by atoms with Crippen LogP contribution in [0, 0.1) is 0 Å². The Morgan fingerprint density at radius 3 is 2.17 bits per heavy atom.